The third-order valence-corrected chi connectivity index (χ3v) is 9.53. The molecule has 0 aliphatic rings. The number of esters is 1. The predicted octanol–water partition coefficient (Wildman–Crippen LogP) is 7.31. The number of ether oxygens (including phenoxy) is 8. The SMILES string of the molecule is CCCCCCCCCCCCCCCCCC(=O)OCCOCCOCCOCCOCCOCCOCCOCCOS(=O)(=O)c1ccccc1. The Hall–Kier alpha value is -1.68. The van der Waals surface area contributed by atoms with Gasteiger partial charge in [-0.05, 0) is 18.6 Å². The molecule has 1 aromatic carbocycles. The Morgan fingerprint density at radius 2 is 0.755 bits per heavy atom. The third-order valence-electron chi connectivity index (χ3n) is 8.21. The molecular formula is C40H72O12S. The summed E-state index contributed by atoms with van der Waals surface area (Å²) in [5.74, 6) is -0.140. The Morgan fingerprint density at radius 1 is 0.434 bits per heavy atom. The van der Waals surface area contributed by atoms with Crippen LogP contribution in [0.5, 0.6) is 0 Å². The van der Waals surface area contributed by atoms with Gasteiger partial charge in [-0.3, -0.25) is 8.98 Å². The molecule has 13 heteroatoms. The van der Waals surface area contributed by atoms with Crippen molar-refractivity contribution in [2.45, 2.75) is 115 Å². The summed E-state index contributed by atoms with van der Waals surface area (Å²) in [6, 6.07) is 7.99. The van der Waals surface area contributed by atoms with E-state index < -0.39 is 10.1 Å². The summed E-state index contributed by atoms with van der Waals surface area (Å²) in [4.78, 5) is 12.0. The lowest BCUT2D eigenvalue weighted by molar-refractivity contribution is -0.145. The summed E-state index contributed by atoms with van der Waals surface area (Å²) in [7, 11) is -3.76. The van der Waals surface area contributed by atoms with Gasteiger partial charge in [-0.2, -0.15) is 8.42 Å². The largest absolute Gasteiger partial charge is 0.463 e. The molecule has 310 valence electrons. The molecule has 1 rings (SSSR count). The Labute approximate surface area is 321 Å². The Balaban J connectivity index is 1.68. The molecule has 0 aromatic heterocycles. The highest BCUT2D eigenvalue weighted by molar-refractivity contribution is 7.86. The van der Waals surface area contributed by atoms with Gasteiger partial charge in [-0.25, -0.2) is 0 Å². The van der Waals surface area contributed by atoms with Crippen LogP contribution in [0.25, 0.3) is 0 Å². The molecule has 53 heavy (non-hydrogen) atoms. The first-order chi connectivity index (χ1) is 26.1. The fourth-order valence-electron chi connectivity index (χ4n) is 5.21. The van der Waals surface area contributed by atoms with Gasteiger partial charge >= 0.3 is 5.97 Å². The molecule has 0 amide bonds. The van der Waals surface area contributed by atoms with E-state index in [2.05, 4.69) is 6.92 Å². The highest BCUT2D eigenvalue weighted by atomic mass is 32.2. The first kappa shape index (κ1) is 49.3. The summed E-state index contributed by atoms with van der Waals surface area (Å²) < 4.78 is 72.3. The van der Waals surface area contributed by atoms with E-state index in [1.807, 2.05) is 0 Å². The summed E-state index contributed by atoms with van der Waals surface area (Å²) in [5.41, 5.74) is 0. The smallest absolute Gasteiger partial charge is 0.305 e. The fourth-order valence-corrected chi connectivity index (χ4v) is 6.12. The van der Waals surface area contributed by atoms with Crippen LogP contribution in [0, 0.1) is 0 Å². The minimum atomic E-state index is -3.76. The van der Waals surface area contributed by atoms with Crippen molar-refractivity contribution in [1.82, 2.24) is 0 Å². The van der Waals surface area contributed by atoms with E-state index in [1.54, 1.807) is 18.2 Å². The van der Waals surface area contributed by atoms with Crippen molar-refractivity contribution >= 4 is 16.1 Å². The van der Waals surface area contributed by atoms with Crippen molar-refractivity contribution in [1.29, 1.82) is 0 Å². The van der Waals surface area contributed by atoms with Gasteiger partial charge in [0.2, 0.25) is 0 Å². The molecule has 0 atom stereocenters. The second-order valence-electron chi connectivity index (χ2n) is 12.8. The van der Waals surface area contributed by atoms with E-state index in [9.17, 15) is 13.2 Å². The molecule has 12 nitrogen and oxygen atoms in total. The topological polar surface area (TPSA) is 134 Å². The Morgan fingerprint density at radius 3 is 1.13 bits per heavy atom. The van der Waals surface area contributed by atoms with Crippen molar-refractivity contribution < 1.29 is 55.3 Å². The molecule has 0 N–H and O–H groups in total. The van der Waals surface area contributed by atoms with Crippen molar-refractivity contribution in [3.8, 4) is 0 Å². The van der Waals surface area contributed by atoms with Crippen LogP contribution in [0.1, 0.15) is 110 Å². The van der Waals surface area contributed by atoms with Crippen molar-refractivity contribution in [3.63, 3.8) is 0 Å². The molecule has 0 heterocycles. The van der Waals surface area contributed by atoms with Crippen molar-refractivity contribution in [2.75, 3.05) is 106 Å². The zero-order valence-electron chi connectivity index (χ0n) is 32.8. The van der Waals surface area contributed by atoms with E-state index in [0.29, 0.717) is 92.3 Å². The van der Waals surface area contributed by atoms with Crippen LogP contribution in [0.2, 0.25) is 0 Å². The lowest BCUT2D eigenvalue weighted by atomic mass is 10.0. The monoisotopic (exact) mass is 776 g/mol. The number of carbonyl (C=O) groups is 1. The average Bonchev–Trinajstić information content (AvgIpc) is 3.16. The van der Waals surface area contributed by atoms with Gasteiger partial charge in [0.25, 0.3) is 10.1 Å². The molecule has 0 radical (unpaired) electrons. The molecule has 0 bridgehead atoms. The minimum Gasteiger partial charge on any atom is -0.463 e. The van der Waals surface area contributed by atoms with Crippen LogP contribution in [0.3, 0.4) is 0 Å². The molecule has 0 fully saturated rings. The van der Waals surface area contributed by atoms with Crippen LogP contribution in [0.15, 0.2) is 35.2 Å². The Bertz CT molecular complexity index is 1010. The van der Waals surface area contributed by atoms with Gasteiger partial charge in [0, 0.05) is 6.42 Å². The highest BCUT2D eigenvalue weighted by Crippen LogP contribution is 2.14. The summed E-state index contributed by atoms with van der Waals surface area (Å²) >= 11 is 0. The van der Waals surface area contributed by atoms with Gasteiger partial charge in [0.15, 0.2) is 0 Å². The van der Waals surface area contributed by atoms with E-state index in [4.69, 9.17) is 42.1 Å². The molecular weight excluding hydrogens is 704 g/mol. The maximum Gasteiger partial charge on any atom is 0.305 e. The van der Waals surface area contributed by atoms with E-state index in [1.165, 1.54) is 95.6 Å². The molecule has 0 aliphatic heterocycles. The van der Waals surface area contributed by atoms with Gasteiger partial charge < -0.3 is 37.9 Å². The number of benzene rings is 1. The number of rotatable bonds is 42. The molecule has 0 saturated carbocycles. The number of hydrogen-bond acceptors (Lipinski definition) is 12. The van der Waals surface area contributed by atoms with Gasteiger partial charge in [0.05, 0.1) is 104 Å². The average molecular weight is 777 g/mol. The number of carbonyl (C=O) groups excluding carboxylic acids is 1. The maximum absolute atomic E-state index is 12.0. The molecule has 0 spiro atoms. The van der Waals surface area contributed by atoms with E-state index in [0.717, 1.165) is 12.8 Å². The van der Waals surface area contributed by atoms with Gasteiger partial charge in [0.1, 0.15) is 6.61 Å². The second kappa shape index (κ2) is 38.6. The zero-order chi connectivity index (χ0) is 38.2. The minimum absolute atomic E-state index is 0.0592. The van der Waals surface area contributed by atoms with Gasteiger partial charge in [-0.15, -0.1) is 0 Å². The molecule has 0 aliphatic carbocycles. The van der Waals surface area contributed by atoms with E-state index in [-0.39, 0.29) is 30.7 Å². The normalized spacial score (nSPS) is 11.7. The maximum atomic E-state index is 12.0. The standard InChI is InChI=1S/C40H72O12S/c1-2-3-4-5-6-7-8-9-10-11-12-13-14-15-19-22-40(41)51-37-35-49-33-31-47-29-27-45-25-23-44-24-26-46-28-30-48-32-34-50-36-38-52-53(42,43)39-20-17-16-18-21-39/h16-18,20-21H,2-15,19,22-38H2,1H3. The summed E-state index contributed by atoms with van der Waals surface area (Å²) in [6.45, 7) is 8.25. The van der Waals surface area contributed by atoms with Crippen LogP contribution < -0.4 is 0 Å². The Kier molecular flexibility index (Phi) is 35.9. The number of unbranched alkanes of at least 4 members (excludes halogenated alkanes) is 14. The zero-order valence-corrected chi connectivity index (χ0v) is 33.6. The molecule has 0 unspecified atom stereocenters. The predicted molar refractivity (Wildman–Crippen MR) is 206 cm³/mol. The first-order valence-corrected chi connectivity index (χ1v) is 21.6. The van der Waals surface area contributed by atoms with E-state index >= 15 is 0 Å². The highest BCUT2D eigenvalue weighted by Gasteiger charge is 2.13. The van der Waals surface area contributed by atoms with Crippen LogP contribution in [-0.4, -0.2) is 120 Å². The first-order valence-electron chi connectivity index (χ1n) is 20.2. The summed E-state index contributed by atoms with van der Waals surface area (Å²) in [6.07, 6.45) is 20.1. The summed E-state index contributed by atoms with van der Waals surface area (Å²) in [5, 5.41) is 0. The van der Waals surface area contributed by atoms with Crippen molar-refractivity contribution in [2.24, 2.45) is 0 Å². The lowest BCUT2D eigenvalue weighted by Gasteiger charge is -2.09. The quantitative estimate of drug-likeness (QED) is 0.0374. The number of hydrogen-bond donors (Lipinski definition) is 0. The van der Waals surface area contributed by atoms with Crippen LogP contribution >= 0.6 is 0 Å². The van der Waals surface area contributed by atoms with Crippen LogP contribution in [-0.2, 0) is 57.0 Å². The lowest BCUT2D eigenvalue weighted by Crippen LogP contribution is -2.15. The van der Waals surface area contributed by atoms with Crippen molar-refractivity contribution in [3.05, 3.63) is 30.3 Å². The van der Waals surface area contributed by atoms with Gasteiger partial charge in [-0.1, -0.05) is 115 Å². The molecule has 1 aromatic rings. The molecule has 0 saturated heterocycles. The second-order valence-corrected chi connectivity index (χ2v) is 14.4. The fraction of sp³-hybridized carbons (Fsp3) is 0.825. The van der Waals surface area contributed by atoms with Crippen LogP contribution in [0.4, 0.5) is 0 Å². The third kappa shape index (κ3) is 34.5.